The van der Waals surface area contributed by atoms with Crippen molar-refractivity contribution in [2.45, 2.75) is 19.3 Å². The van der Waals surface area contributed by atoms with Crippen LogP contribution in [-0.2, 0) is 5.41 Å². The molecule has 0 spiro atoms. The van der Waals surface area contributed by atoms with Gasteiger partial charge >= 0.3 is 0 Å². The highest BCUT2D eigenvalue weighted by Gasteiger charge is 2.42. The van der Waals surface area contributed by atoms with Crippen molar-refractivity contribution in [2.24, 2.45) is 0 Å². The number of methoxy groups -OCH3 is 1. The van der Waals surface area contributed by atoms with E-state index in [0.29, 0.717) is 0 Å². The van der Waals surface area contributed by atoms with E-state index in [2.05, 4.69) is 74.0 Å². The summed E-state index contributed by atoms with van der Waals surface area (Å²) in [6.45, 7) is 4.56. The van der Waals surface area contributed by atoms with Crippen molar-refractivity contribution in [2.75, 3.05) is 14.2 Å². The van der Waals surface area contributed by atoms with Crippen LogP contribution in [0.1, 0.15) is 25.0 Å². The fourth-order valence-corrected chi connectivity index (χ4v) is 3.19. The summed E-state index contributed by atoms with van der Waals surface area (Å²) in [5, 5.41) is 0. The fourth-order valence-electron chi connectivity index (χ4n) is 3.19. The molecular formula is C20H22NO+. The summed E-state index contributed by atoms with van der Waals surface area (Å²) in [7, 11) is 3.83. The predicted molar refractivity (Wildman–Crippen MR) is 92.3 cm³/mol. The van der Waals surface area contributed by atoms with E-state index in [1.54, 1.807) is 7.11 Å². The third-order valence-electron chi connectivity index (χ3n) is 4.49. The Labute approximate surface area is 132 Å². The molecule has 112 valence electrons. The first-order valence-corrected chi connectivity index (χ1v) is 7.57. The van der Waals surface area contributed by atoms with E-state index < -0.39 is 0 Å². The number of benzene rings is 2. The number of nitrogens with zero attached hydrogens (tertiary/aromatic N) is 1. The smallest absolute Gasteiger partial charge is 0.209 e. The van der Waals surface area contributed by atoms with Crippen LogP contribution in [0.3, 0.4) is 0 Å². The average molecular weight is 292 g/mol. The second-order valence-electron chi connectivity index (χ2n) is 6.19. The molecule has 0 unspecified atom stereocenters. The van der Waals surface area contributed by atoms with Crippen molar-refractivity contribution in [3.8, 4) is 5.75 Å². The van der Waals surface area contributed by atoms with Crippen LogP contribution in [0.4, 0.5) is 5.69 Å². The number of allylic oxidation sites excluding steroid dienone is 1. The molecule has 0 amide bonds. The molecule has 0 bridgehead atoms. The van der Waals surface area contributed by atoms with Crippen LogP contribution in [-0.4, -0.2) is 24.4 Å². The monoisotopic (exact) mass is 292 g/mol. The fraction of sp³-hybridized carbons (Fsp3) is 0.250. The second-order valence-corrected chi connectivity index (χ2v) is 6.19. The zero-order valence-corrected chi connectivity index (χ0v) is 13.6. The first-order valence-electron chi connectivity index (χ1n) is 7.57. The van der Waals surface area contributed by atoms with Crippen molar-refractivity contribution in [1.82, 2.24) is 0 Å². The number of rotatable bonds is 3. The number of hydrogen-bond donors (Lipinski definition) is 0. The summed E-state index contributed by atoms with van der Waals surface area (Å²) in [5.74, 6) is 0.885. The summed E-state index contributed by atoms with van der Waals surface area (Å²) in [6, 6.07) is 16.7. The van der Waals surface area contributed by atoms with E-state index in [-0.39, 0.29) is 5.41 Å². The molecule has 1 heterocycles. The molecule has 0 fully saturated rings. The van der Waals surface area contributed by atoms with Gasteiger partial charge in [-0.3, -0.25) is 0 Å². The van der Waals surface area contributed by atoms with Gasteiger partial charge in [0.2, 0.25) is 5.69 Å². The highest BCUT2D eigenvalue weighted by Crippen LogP contribution is 2.39. The topological polar surface area (TPSA) is 12.2 Å². The van der Waals surface area contributed by atoms with Gasteiger partial charge in [-0.1, -0.05) is 30.3 Å². The van der Waals surface area contributed by atoms with Gasteiger partial charge in [0.15, 0.2) is 5.71 Å². The van der Waals surface area contributed by atoms with E-state index >= 15 is 0 Å². The van der Waals surface area contributed by atoms with E-state index in [0.717, 1.165) is 5.75 Å². The maximum atomic E-state index is 5.20. The minimum Gasteiger partial charge on any atom is -0.497 e. The van der Waals surface area contributed by atoms with Crippen LogP contribution >= 0.6 is 0 Å². The van der Waals surface area contributed by atoms with E-state index in [4.69, 9.17) is 4.74 Å². The van der Waals surface area contributed by atoms with Crippen LogP contribution in [0.25, 0.3) is 6.08 Å². The molecule has 0 aliphatic carbocycles. The quantitative estimate of drug-likeness (QED) is 0.763. The van der Waals surface area contributed by atoms with Gasteiger partial charge in [-0.25, -0.2) is 0 Å². The molecule has 1 aliphatic rings. The Morgan fingerprint density at radius 3 is 2.27 bits per heavy atom. The van der Waals surface area contributed by atoms with Gasteiger partial charge in [0.05, 0.1) is 12.5 Å². The lowest BCUT2D eigenvalue weighted by Crippen LogP contribution is -2.26. The lowest BCUT2D eigenvalue weighted by atomic mass is 9.81. The maximum absolute atomic E-state index is 5.20. The molecule has 2 aromatic carbocycles. The van der Waals surface area contributed by atoms with Crippen molar-refractivity contribution in [3.05, 3.63) is 65.7 Å². The van der Waals surface area contributed by atoms with E-state index in [1.807, 2.05) is 12.1 Å². The summed E-state index contributed by atoms with van der Waals surface area (Å²) in [5.41, 5.74) is 5.18. The van der Waals surface area contributed by atoms with Gasteiger partial charge in [0.1, 0.15) is 12.8 Å². The molecule has 2 heteroatoms. The molecular weight excluding hydrogens is 270 g/mol. The van der Waals surface area contributed by atoms with Crippen LogP contribution < -0.4 is 4.74 Å². The Balaban J connectivity index is 1.95. The average Bonchev–Trinajstić information content (AvgIpc) is 2.73. The van der Waals surface area contributed by atoms with Crippen molar-refractivity contribution in [3.63, 3.8) is 0 Å². The Morgan fingerprint density at radius 1 is 0.955 bits per heavy atom. The third kappa shape index (κ3) is 2.35. The molecule has 3 rings (SSSR count). The van der Waals surface area contributed by atoms with Crippen molar-refractivity contribution >= 4 is 17.5 Å². The highest BCUT2D eigenvalue weighted by atomic mass is 16.5. The Hall–Kier alpha value is -2.35. The van der Waals surface area contributed by atoms with Crippen molar-refractivity contribution < 1.29 is 9.31 Å². The molecule has 1 aliphatic heterocycles. The number of hydrogen-bond acceptors (Lipinski definition) is 1. The molecule has 0 aromatic heterocycles. The van der Waals surface area contributed by atoms with Crippen LogP contribution in [0.2, 0.25) is 0 Å². The first kappa shape index (κ1) is 14.6. The minimum atomic E-state index is 0.0221. The second kappa shape index (κ2) is 5.45. The summed E-state index contributed by atoms with van der Waals surface area (Å²) in [4.78, 5) is 0. The number of fused-ring (bicyclic) bond motifs is 1. The SMILES string of the molecule is COc1ccc(/C=C/C2=[N+](C)c3ccccc3C2(C)C)cc1. The van der Waals surface area contributed by atoms with Crippen LogP contribution in [0.15, 0.2) is 54.6 Å². The standard InChI is InChI=1S/C20H22NO/c1-20(2)17-7-5-6-8-18(17)21(3)19(20)14-11-15-9-12-16(22-4)13-10-15/h5-14H,1-4H3/q+1/b14-11+. The molecule has 0 atom stereocenters. The first-order chi connectivity index (χ1) is 10.5. The normalized spacial score (nSPS) is 16.2. The number of para-hydroxylation sites is 1. The summed E-state index contributed by atoms with van der Waals surface area (Å²) in [6.07, 6.45) is 4.39. The van der Waals surface area contributed by atoms with E-state index in [9.17, 15) is 0 Å². The van der Waals surface area contributed by atoms with Gasteiger partial charge in [-0.15, -0.1) is 0 Å². The molecule has 2 aromatic rings. The molecule has 0 saturated heterocycles. The Bertz CT molecular complexity index is 752. The molecule has 0 saturated carbocycles. The largest absolute Gasteiger partial charge is 0.497 e. The molecule has 0 N–H and O–H groups in total. The molecule has 0 radical (unpaired) electrons. The van der Waals surface area contributed by atoms with Crippen LogP contribution in [0.5, 0.6) is 5.75 Å². The summed E-state index contributed by atoms with van der Waals surface area (Å²) >= 11 is 0. The van der Waals surface area contributed by atoms with E-state index in [1.165, 1.54) is 22.5 Å². The summed E-state index contributed by atoms with van der Waals surface area (Å²) < 4.78 is 7.49. The lowest BCUT2D eigenvalue weighted by Gasteiger charge is -2.15. The van der Waals surface area contributed by atoms with Crippen LogP contribution in [0, 0.1) is 0 Å². The van der Waals surface area contributed by atoms with Gasteiger partial charge < -0.3 is 4.74 Å². The third-order valence-corrected chi connectivity index (χ3v) is 4.49. The Morgan fingerprint density at radius 2 is 1.64 bits per heavy atom. The molecule has 22 heavy (non-hydrogen) atoms. The minimum absolute atomic E-state index is 0.0221. The van der Waals surface area contributed by atoms with Gasteiger partial charge in [0, 0.05) is 17.7 Å². The van der Waals surface area contributed by atoms with Gasteiger partial charge in [-0.2, -0.15) is 4.58 Å². The lowest BCUT2D eigenvalue weighted by molar-refractivity contribution is -0.401. The predicted octanol–water partition coefficient (Wildman–Crippen LogP) is 4.41. The van der Waals surface area contributed by atoms with Gasteiger partial charge in [-0.05, 0) is 37.6 Å². The number of ether oxygens (including phenoxy) is 1. The highest BCUT2D eigenvalue weighted by molar-refractivity contribution is 6.05. The Kier molecular flexibility index (Phi) is 3.61. The zero-order valence-electron chi connectivity index (χ0n) is 13.6. The molecule has 2 nitrogen and oxygen atoms in total. The van der Waals surface area contributed by atoms with Crippen molar-refractivity contribution in [1.29, 1.82) is 0 Å². The zero-order chi connectivity index (χ0) is 15.7. The maximum Gasteiger partial charge on any atom is 0.209 e. The van der Waals surface area contributed by atoms with Gasteiger partial charge in [0.25, 0.3) is 0 Å².